The largest absolute Gasteiger partial charge is 0.462 e. The van der Waals surface area contributed by atoms with Crippen molar-refractivity contribution >= 4 is 27.2 Å². The molecule has 0 saturated carbocycles. The van der Waals surface area contributed by atoms with E-state index in [0.717, 1.165) is 12.1 Å². The molecular formula is C16H14FN3O4S. The summed E-state index contributed by atoms with van der Waals surface area (Å²) in [6.45, 7) is 1.90. The number of esters is 1. The number of anilines is 1. The van der Waals surface area contributed by atoms with Crippen LogP contribution < -0.4 is 4.72 Å². The standard InChI is InChI=1S/C16H14FN3O4S/c1-2-24-16(21)14-10-18-20-8-7-12(9-15(14)20)19-25(22,23)13-5-3-11(17)4-6-13/h3-10,19H,2H2,1H3. The number of nitrogens with one attached hydrogen (secondary N) is 1. The van der Waals surface area contributed by atoms with Crippen molar-refractivity contribution < 1.29 is 22.3 Å². The van der Waals surface area contributed by atoms with Gasteiger partial charge in [-0.1, -0.05) is 0 Å². The molecule has 2 aromatic heterocycles. The van der Waals surface area contributed by atoms with E-state index in [1.807, 2.05) is 0 Å². The minimum Gasteiger partial charge on any atom is -0.462 e. The van der Waals surface area contributed by atoms with Crippen LogP contribution in [-0.2, 0) is 14.8 Å². The van der Waals surface area contributed by atoms with Gasteiger partial charge in [-0.3, -0.25) is 4.72 Å². The zero-order chi connectivity index (χ0) is 18.0. The Bertz CT molecular complexity index is 1030. The molecule has 3 aromatic rings. The van der Waals surface area contributed by atoms with Gasteiger partial charge in [-0.15, -0.1) is 0 Å². The first-order chi connectivity index (χ1) is 11.9. The maximum Gasteiger partial charge on any atom is 0.341 e. The lowest BCUT2D eigenvalue weighted by Crippen LogP contribution is -2.13. The summed E-state index contributed by atoms with van der Waals surface area (Å²) in [6.07, 6.45) is 2.87. The Morgan fingerprint density at radius 2 is 2.00 bits per heavy atom. The fourth-order valence-corrected chi connectivity index (χ4v) is 3.29. The van der Waals surface area contributed by atoms with Gasteiger partial charge in [0, 0.05) is 6.20 Å². The number of pyridine rings is 1. The first kappa shape index (κ1) is 16.9. The number of carbonyl (C=O) groups excluding carboxylic acids is 1. The van der Waals surface area contributed by atoms with Crippen LogP contribution in [0.2, 0.25) is 0 Å². The number of carbonyl (C=O) groups is 1. The minimum absolute atomic E-state index is 0.0760. The van der Waals surface area contributed by atoms with Crippen molar-refractivity contribution in [1.82, 2.24) is 9.61 Å². The molecule has 0 atom stereocenters. The highest BCUT2D eigenvalue weighted by Crippen LogP contribution is 2.20. The summed E-state index contributed by atoms with van der Waals surface area (Å²) < 4.78 is 46.4. The Hall–Kier alpha value is -2.94. The van der Waals surface area contributed by atoms with Crippen LogP contribution >= 0.6 is 0 Å². The Labute approximate surface area is 143 Å². The van der Waals surface area contributed by atoms with Gasteiger partial charge in [-0.2, -0.15) is 5.10 Å². The molecule has 1 aromatic carbocycles. The highest BCUT2D eigenvalue weighted by atomic mass is 32.2. The third-order valence-electron chi connectivity index (χ3n) is 3.39. The normalized spacial score (nSPS) is 11.4. The summed E-state index contributed by atoms with van der Waals surface area (Å²) in [6, 6.07) is 7.43. The average Bonchev–Trinajstić information content (AvgIpc) is 2.98. The highest BCUT2D eigenvalue weighted by molar-refractivity contribution is 7.92. The second-order valence-corrected chi connectivity index (χ2v) is 6.77. The molecule has 0 bridgehead atoms. The SMILES string of the molecule is CCOC(=O)c1cnn2ccc(NS(=O)(=O)c3ccc(F)cc3)cc12. The van der Waals surface area contributed by atoms with Gasteiger partial charge in [0.25, 0.3) is 10.0 Å². The molecule has 3 rings (SSSR count). The Morgan fingerprint density at radius 3 is 2.68 bits per heavy atom. The maximum absolute atomic E-state index is 13.0. The quantitative estimate of drug-likeness (QED) is 0.703. The van der Waals surface area contributed by atoms with Crippen LogP contribution in [0.1, 0.15) is 17.3 Å². The molecule has 0 fully saturated rings. The summed E-state index contributed by atoms with van der Waals surface area (Å²) in [5.41, 5.74) is 0.866. The van der Waals surface area contributed by atoms with Gasteiger partial charge < -0.3 is 4.74 Å². The monoisotopic (exact) mass is 363 g/mol. The molecule has 0 saturated heterocycles. The van der Waals surface area contributed by atoms with Crippen LogP contribution in [0.3, 0.4) is 0 Å². The Morgan fingerprint density at radius 1 is 1.28 bits per heavy atom. The van der Waals surface area contributed by atoms with E-state index in [4.69, 9.17) is 4.74 Å². The smallest absolute Gasteiger partial charge is 0.341 e. The zero-order valence-corrected chi connectivity index (χ0v) is 14.0. The van der Waals surface area contributed by atoms with E-state index in [-0.39, 0.29) is 22.8 Å². The molecule has 25 heavy (non-hydrogen) atoms. The van der Waals surface area contributed by atoms with Gasteiger partial charge >= 0.3 is 5.97 Å². The number of fused-ring (bicyclic) bond motifs is 1. The van der Waals surface area contributed by atoms with E-state index in [2.05, 4.69) is 9.82 Å². The van der Waals surface area contributed by atoms with Gasteiger partial charge in [0.1, 0.15) is 11.4 Å². The number of hydrogen-bond donors (Lipinski definition) is 1. The molecule has 0 amide bonds. The second-order valence-electron chi connectivity index (χ2n) is 5.08. The Balaban J connectivity index is 1.95. The number of rotatable bonds is 5. The number of ether oxygens (including phenoxy) is 1. The van der Waals surface area contributed by atoms with Crippen molar-refractivity contribution in [2.75, 3.05) is 11.3 Å². The van der Waals surface area contributed by atoms with Gasteiger partial charge in [0.05, 0.1) is 28.9 Å². The molecule has 9 heteroatoms. The molecule has 0 radical (unpaired) electrons. The van der Waals surface area contributed by atoms with E-state index < -0.39 is 21.8 Å². The van der Waals surface area contributed by atoms with Crippen molar-refractivity contribution in [1.29, 1.82) is 0 Å². The third kappa shape index (κ3) is 3.45. The summed E-state index contributed by atoms with van der Waals surface area (Å²) in [7, 11) is -3.89. The van der Waals surface area contributed by atoms with Crippen LogP contribution in [0.25, 0.3) is 5.52 Å². The number of nitrogens with zero attached hydrogens (tertiary/aromatic N) is 2. The van der Waals surface area contributed by atoms with E-state index in [1.165, 1.54) is 41.2 Å². The van der Waals surface area contributed by atoms with Crippen LogP contribution in [0.15, 0.2) is 53.7 Å². The predicted molar refractivity (Wildman–Crippen MR) is 88.4 cm³/mol. The first-order valence-corrected chi connectivity index (χ1v) is 8.82. The lowest BCUT2D eigenvalue weighted by atomic mass is 10.2. The molecule has 0 aliphatic rings. The lowest BCUT2D eigenvalue weighted by molar-refractivity contribution is 0.0528. The first-order valence-electron chi connectivity index (χ1n) is 7.33. The van der Waals surface area contributed by atoms with Crippen molar-refractivity contribution in [2.24, 2.45) is 0 Å². The van der Waals surface area contributed by atoms with Crippen molar-refractivity contribution in [2.45, 2.75) is 11.8 Å². The van der Waals surface area contributed by atoms with Gasteiger partial charge in [-0.25, -0.2) is 22.1 Å². The summed E-state index contributed by atoms with van der Waals surface area (Å²) >= 11 is 0. The second kappa shape index (κ2) is 6.52. The molecule has 1 N–H and O–H groups in total. The van der Waals surface area contributed by atoms with E-state index in [9.17, 15) is 17.6 Å². The molecular weight excluding hydrogens is 349 g/mol. The topological polar surface area (TPSA) is 89.8 Å². The number of aromatic nitrogens is 2. The number of sulfonamides is 1. The van der Waals surface area contributed by atoms with Crippen LogP contribution in [0.5, 0.6) is 0 Å². The molecule has 130 valence electrons. The van der Waals surface area contributed by atoms with E-state index in [0.29, 0.717) is 5.52 Å². The number of halogens is 1. The van der Waals surface area contributed by atoms with Gasteiger partial charge in [-0.05, 0) is 43.3 Å². The van der Waals surface area contributed by atoms with E-state index >= 15 is 0 Å². The van der Waals surface area contributed by atoms with Gasteiger partial charge in [0.15, 0.2) is 0 Å². The van der Waals surface area contributed by atoms with Crippen molar-refractivity contribution in [3.63, 3.8) is 0 Å². The summed E-state index contributed by atoms with van der Waals surface area (Å²) in [5.74, 6) is -1.07. The molecule has 2 heterocycles. The fourth-order valence-electron chi connectivity index (χ4n) is 2.24. The molecule has 0 spiro atoms. The maximum atomic E-state index is 13.0. The van der Waals surface area contributed by atoms with Crippen molar-refractivity contribution in [3.8, 4) is 0 Å². The van der Waals surface area contributed by atoms with Crippen LogP contribution in [-0.4, -0.2) is 30.6 Å². The number of hydrogen-bond acceptors (Lipinski definition) is 5. The fraction of sp³-hybridized carbons (Fsp3) is 0.125. The van der Waals surface area contributed by atoms with E-state index in [1.54, 1.807) is 6.92 Å². The molecule has 0 aliphatic heterocycles. The lowest BCUT2D eigenvalue weighted by Gasteiger charge is -2.09. The summed E-state index contributed by atoms with van der Waals surface area (Å²) in [5, 5.41) is 4.02. The zero-order valence-electron chi connectivity index (χ0n) is 13.1. The highest BCUT2D eigenvalue weighted by Gasteiger charge is 2.17. The minimum atomic E-state index is -3.89. The molecule has 0 unspecified atom stereocenters. The molecule has 0 aliphatic carbocycles. The predicted octanol–water partition coefficient (Wildman–Crippen LogP) is 2.45. The Kier molecular flexibility index (Phi) is 4.41. The van der Waals surface area contributed by atoms with Gasteiger partial charge in [0.2, 0.25) is 0 Å². The number of benzene rings is 1. The average molecular weight is 363 g/mol. The molecule has 7 nitrogen and oxygen atoms in total. The summed E-state index contributed by atoms with van der Waals surface area (Å²) in [4.78, 5) is 11.8. The van der Waals surface area contributed by atoms with Crippen LogP contribution in [0, 0.1) is 5.82 Å². The third-order valence-corrected chi connectivity index (χ3v) is 4.79. The van der Waals surface area contributed by atoms with Crippen molar-refractivity contribution in [3.05, 3.63) is 60.2 Å². The van der Waals surface area contributed by atoms with Crippen LogP contribution in [0.4, 0.5) is 10.1 Å².